The van der Waals surface area contributed by atoms with Gasteiger partial charge in [-0.1, -0.05) is 0 Å². The first-order valence-corrected chi connectivity index (χ1v) is 11.7. The smallest absolute Gasteiger partial charge is 0.387 e. The number of aromatic nitrogens is 1. The van der Waals surface area contributed by atoms with Crippen LogP contribution in [-0.4, -0.2) is 59.7 Å². The number of rotatable bonds is 8. The molecule has 0 bridgehead atoms. The normalized spacial score (nSPS) is 29.9. The number of H-pyrrole nitrogens is 1. The van der Waals surface area contributed by atoms with Gasteiger partial charge in [0.15, 0.2) is 0 Å². The van der Waals surface area contributed by atoms with Crippen molar-refractivity contribution in [1.82, 2.24) is 4.98 Å². The van der Waals surface area contributed by atoms with Crippen LogP contribution in [0.15, 0.2) is 23.1 Å². The number of pyridine rings is 1. The molecule has 1 fully saturated rings. The van der Waals surface area contributed by atoms with Gasteiger partial charge in [0.2, 0.25) is 5.56 Å². The zero-order chi connectivity index (χ0) is 21.3. The molecule has 0 aromatic carbocycles. The third kappa shape index (κ3) is 6.65. The molecule has 2 heterocycles. The van der Waals surface area contributed by atoms with Gasteiger partial charge in [-0.05, 0) is 11.6 Å². The topological polar surface area (TPSA) is 242 Å². The number of aliphatic hydroxyl groups excluding tert-OH is 2. The molecule has 1 aromatic heterocycles. The second-order valence-electron chi connectivity index (χ2n) is 5.45. The Morgan fingerprint density at radius 2 is 1.64 bits per heavy atom. The average Bonchev–Trinajstić information content (AvgIpc) is 2.78. The van der Waals surface area contributed by atoms with Crippen molar-refractivity contribution in [3.05, 3.63) is 34.2 Å². The number of aliphatic hydroxyl groups is 2. The first kappa shape index (κ1) is 23.5. The van der Waals surface area contributed by atoms with Crippen molar-refractivity contribution < 1.29 is 61.4 Å². The standard InChI is InChI=1S/C10H16NO14P3/c12-7-2-1-5(3-11-7)10-9(14)8(13)6(23-10)4-22-27(18,19)25-28(20,21)24-26(15,16)17/h1-3,6,8-10,13-14H,4H2,(H,11,12)(H,18,19)(H,20,21)(H2,15,16,17)/t6-,8+,9+,10+/m1/s1. The van der Waals surface area contributed by atoms with E-state index in [1.165, 1.54) is 12.3 Å². The van der Waals surface area contributed by atoms with Crippen LogP contribution in [0.3, 0.4) is 0 Å². The van der Waals surface area contributed by atoms with Crippen molar-refractivity contribution in [3.63, 3.8) is 0 Å². The molecule has 2 rings (SSSR count). The summed E-state index contributed by atoms with van der Waals surface area (Å²) >= 11 is 0. The van der Waals surface area contributed by atoms with Crippen LogP contribution in [0.1, 0.15) is 11.7 Å². The van der Waals surface area contributed by atoms with E-state index in [2.05, 4.69) is 18.1 Å². The third-order valence-electron chi connectivity index (χ3n) is 3.32. The fraction of sp³-hybridized carbons (Fsp3) is 0.500. The summed E-state index contributed by atoms with van der Waals surface area (Å²) in [5, 5.41) is 20.0. The Bertz CT molecular complexity index is 875. The highest BCUT2D eigenvalue weighted by molar-refractivity contribution is 7.66. The van der Waals surface area contributed by atoms with Gasteiger partial charge in [-0.15, -0.1) is 0 Å². The molecule has 0 spiro atoms. The van der Waals surface area contributed by atoms with Gasteiger partial charge in [0, 0.05) is 12.3 Å². The summed E-state index contributed by atoms with van der Waals surface area (Å²) in [6, 6.07) is 2.45. The Kier molecular flexibility index (Phi) is 7.17. The first-order valence-electron chi connectivity index (χ1n) is 7.18. The van der Waals surface area contributed by atoms with E-state index in [1.54, 1.807) is 0 Å². The van der Waals surface area contributed by atoms with Crippen LogP contribution < -0.4 is 5.56 Å². The Morgan fingerprint density at radius 3 is 2.18 bits per heavy atom. The lowest BCUT2D eigenvalue weighted by Crippen LogP contribution is -2.33. The number of nitrogens with one attached hydrogen (secondary N) is 1. The predicted molar refractivity (Wildman–Crippen MR) is 86.5 cm³/mol. The molecule has 0 aliphatic carbocycles. The van der Waals surface area contributed by atoms with Crippen molar-refractivity contribution in [2.45, 2.75) is 24.4 Å². The number of aromatic amines is 1. The minimum atomic E-state index is -5.68. The number of hydrogen-bond donors (Lipinski definition) is 7. The Labute approximate surface area is 155 Å². The van der Waals surface area contributed by atoms with E-state index in [-0.39, 0.29) is 5.56 Å². The highest BCUT2D eigenvalue weighted by Gasteiger charge is 2.46. The number of ether oxygens (including phenoxy) is 1. The van der Waals surface area contributed by atoms with Crippen LogP contribution >= 0.6 is 23.5 Å². The highest BCUT2D eigenvalue weighted by Crippen LogP contribution is 2.66. The maximum Gasteiger partial charge on any atom is 0.490 e. The van der Waals surface area contributed by atoms with Crippen LogP contribution in [0.4, 0.5) is 0 Å². The van der Waals surface area contributed by atoms with E-state index >= 15 is 0 Å². The summed E-state index contributed by atoms with van der Waals surface area (Å²) in [6.07, 6.45) is -4.46. The lowest BCUT2D eigenvalue weighted by atomic mass is 10.0. The molecule has 160 valence electrons. The van der Waals surface area contributed by atoms with Gasteiger partial charge >= 0.3 is 23.5 Å². The molecule has 18 heteroatoms. The van der Waals surface area contributed by atoms with Crippen molar-refractivity contribution in [1.29, 1.82) is 0 Å². The van der Waals surface area contributed by atoms with E-state index < -0.39 is 60.1 Å². The Hall–Kier alpha value is -0.760. The number of phosphoric ester groups is 1. The fourth-order valence-electron chi connectivity index (χ4n) is 2.23. The highest BCUT2D eigenvalue weighted by atomic mass is 31.3. The molecule has 7 N–H and O–H groups in total. The average molecular weight is 467 g/mol. The summed E-state index contributed by atoms with van der Waals surface area (Å²) in [5.41, 5.74) is -0.159. The maximum atomic E-state index is 11.7. The zero-order valence-electron chi connectivity index (χ0n) is 13.5. The van der Waals surface area contributed by atoms with Crippen molar-refractivity contribution in [3.8, 4) is 0 Å². The minimum Gasteiger partial charge on any atom is -0.387 e. The summed E-state index contributed by atoms with van der Waals surface area (Å²) in [5.74, 6) is 0. The van der Waals surface area contributed by atoms with Crippen LogP contribution in [0.2, 0.25) is 0 Å². The second kappa shape index (κ2) is 8.54. The van der Waals surface area contributed by atoms with Crippen LogP contribution in [0, 0.1) is 0 Å². The van der Waals surface area contributed by atoms with Crippen LogP contribution in [0.25, 0.3) is 0 Å². The SMILES string of the molecule is O=c1ccc([C@@H]2O[C@H](COP(=O)(O)OP(=O)(O)OP(=O)(O)O)[C@H](O)[C@@H]2O)c[nH]1. The molecule has 2 unspecified atom stereocenters. The maximum absolute atomic E-state index is 11.7. The lowest BCUT2D eigenvalue weighted by Gasteiger charge is -2.19. The molecule has 0 amide bonds. The van der Waals surface area contributed by atoms with Gasteiger partial charge in [-0.25, -0.2) is 13.7 Å². The molecule has 1 aromatic rings. The Balaban J connectivity index is 2.00. The van der Waals surface area contributed by atoms with Gasteiger partial charge in [0.05, 0.1) is 6.61 Å². The molecule has 1 saturated heterocycles. The summed E-state index contributed by atoms with van der Waals surface area (Å²) in [4.78, 5) is 48.7. The van der Waals surface area contributed by atoms with Crippen LogP contribution in [0.5, 0.6) is 0 Å². The zero-order valence-corrected chi connectivity index (χ0v) is 16.2. The Morgan fingerprint density at radius 1 is 1.00 bits per heavy atom. The minimum absolute atomic E-state index is 0.270. The molecule has 1 aliphatic rings. The molecule has 0 radical (unpaired) electrons. The van der Waals surface area contributed by atoms with Crippen molar-refractivity contribution >= 4 is 23.5 Å². The fourth-order valence-corrected chi connectivity index (χ4v) is 5.26. The molecule has 15 nitrogen and oxygen atoms in total. The van der Waals surface area contributed by atoms with Gasteiger partial charge < -0.3 is 39.5 Å². The second-order valence-corrected chi connectivity index (χ2v) is 9.87. The summed E-state index contributed by atoms with van der Waals surface area (Å²) in [7, 11) is -16.6. The van der Waals surface area contributed by atoms with Gasteiger partial charge in [-0.3, -0.25) is 9.32 Å². The molecule has 0 saturated carbocycles. The number of phosphoric acid groups is 3. The lowest BCUT2D eigenvalue weighted by molar-refractivity contribution is -0.0223. The molecular formula is C10H16NO14P3. The molecule has 6 atom stereocenters. The van der Waals surface area contributed by atoms with Crippen molar-refractivity contribution in [2.75, 3.05) is 6.61 Å². The van der Waals surface area contributed by atoms with Gasteiger partial charge in [-0.2, -0.15) is 8.62 Å². The monoisotopic (exact) mass is 467 g/mol. The van der Waals surface area contributed by atoms with E-state index in [9.17, 15) is 33.6 Å². The van der Waals surface area contributed by atoms with Gasteiger partial charge in [0.1, 0.15) is 24.4 Å². The van der Waals surface area contributed by atoms with E-state index in [1.807, 2.05) is 0 Å². The summed E-state index contributed by atoms with van der Waals surface area (Å²) in [6.45, 7) is -0.929. The van der Waals surface area contributed by atoms with E-state index in [4.69, 9.17) is 19.4 Å². The quantitative estimate of drug-likeness (QED) is 0.224. The molecular weight excluding hydrogens is 451 g/mol. The number of hydrogen-bond acceptors (Lipinski definition) is 10. The first-order chi connectivity index (χ1) is 12.7. The van der Waals surface area contributed by atoms with Crippen molar-refractivity contribution in [2.24, 2.45) is 0 Å². The van der Waals surface area contributed by atoms with Gasteiger partial charge in [0.25, 0.3) is 0 Å². The molecule has 1 aliphatic heterocycles. The largest absolute Gasteiger partial charge is 0.490 e. The third-order valence-corrected chi connectivity index (χ3v) is 7.12. The summed E-state index contributed by atoms with van der Waals surface area (Å²) < 4.78 is 50.1. The molecule has 28 heavy (non-hydrogen) atoms. The predicted octanol–water partition coefficient (Wildman–Crippen LogP) is -1.12. The van der Waals surface area contributed by atoms with Crippen LogP contribution in [-0.2, 0) is 31.6 Å². The van der Waals surface area contributed by atoms with E-state index in [0.717, 1.165) is 6.07 Å². The van der Waals surface area contributed by atoms with E-state index in [0.29, 0.717) is 0 Å².